The molecule has 102 valence electrons. The first-order valence-corrected chi connectivity index (χ1v) is 7.25. The van der Waals surface area contributed by atoms with Crippen LogP contribution in [0.3, 0.4) is 0 Å². The summed E-state index contributed by atoms with van der Waals surface area (Å²) in [7, 11) is 1.66. The molecule has 2 aliphatic carbocycles. The van der Waals surface area contributed by atoms with E-state index in [0.29, 0.717) is 5.92 Å². The van der Waals surface area contributed by atoms with E-state index in [1.807, 2.05) is 18.2 Å². The molecule has 1 spiro atoms. The van der Waals surface area contributed by atoms with Gasteiger partial charge in [-0.3, -0.25) is 0 Å². The minimum atomic E-state index is -0.394. The maximum absolute atomic E-state index is 10.5. The van der Waals surface area contributed by atoms with Gasteiger partial charge in [-0.2, -0.15) is 0 Å². The van der Waals surface area contributed by atoms with Crippen LogP contribution >= 0.6 is 0 Å². The normalized spacial score (nSPS) is 39.2. The smallest absolute Gasteiger partial charge is 0.129 e. The zero-order chi connectivity index (χ0) is 13.0. The lowest BCUT2D eigenvalue weighted by Gasteiger charge is -2.43. The highest BCUT2D eigenvalue weighted by atomic mass is 16.5. The van der Waals surface area contributed by atoms with Gasteiger partial charge in [0.15, 0.2) is 0 Å². The lowest BCUT2D eigenvalue weighted by molar-refractivity contribution is -0.0510. The number of benzene rings is 1. The standard InChI is InChI=1S/C16H20O3/c1-18-12-4-5-13-14(17)9-16(19-15(13)7-12)8-10-2-3-11(16)6-10/h4-5,7,10-11,14,17H,2-3,6,8-9H2,1H3/t10?,11?,14-,16?/m0/s1. The van der Waals surface area contributed by atoms with Crippen LogP contribution in [0.15, 0.2) is 18.2 Å². The van der Waals surface area contributed by atoms with Gasteiger partial charge in [-0.1, -0.05) is 0 Å². The lowest BCUT2D eigenvalue weighted by Crippen LogP contribution is -2.45. The molecule has 19 heavy (non-hydrogen) atoms. The van der Waals surface area contributed by atoms with Gasteiger partial charge in [-0.25, -0.2) is 0 Å². The van der Waals surface area contributed by atoms with Crippen LogP contribution in [0.25, 0.3) is 0 Å². The molecular formula is C16H20O3. The molecule has 4 rings (SSSR count). The quantitative estimate of drug-likeness (QED) is 0.843. The Morgan fingerprint density at radius 1 is 1.32 bits per heavy atom. The lowest BCUT2D eigenvalue weighted by atomic mass is 9.77. The van der Waals surface area contributed by atoms with Gasteiger partial charge in [0.2, 0.25) is 0 Å². The van der Waals surface area contributed by atoms with Crippen molar-refractivity contribution in [3.63, 3.8) is 0 Å². The average molecular weight is 260 g/mol. The van der Waals surface area contributed by atoms with E-state index < -0.39 is 6.10 Å². The van der Waals surface area contributed by atoms with E-state index in [1.54, 1.807) is 7.11 Å². The van der Waals surface area contributed by atoms with E-state index in [0.717, 1.165) is 35.8 Å². The molecule has 1 N–H and O–H groups in total. The molecular weight excluding hydrogens is 240 g/mol. The van der Waals surface area contributed by atoms with E-state index in [1.165, 1.54) is 19.3 Å². The zero-order valence-electron chi connectivity index (χ0n) is 11.3. The Morgan fingerprint density at radius 3 is 2.89 bits per heavy atom. The van der Waals surface area contributed by atoms with Crippen LogP contribution in [0, 0.1) is 11.8 Å². The monoisotopic (exact) mass is 260 g/mol. The van der Waals surface area contributed by atoms with E-state index in [-0.39, 0.29) is 5.60 Å². The van der Waals surface area contributed by atoms with Gasteiger partial charge < -0.3 is 14.6 Å². The number of aliphatic hydroxyl groups is 1. The molecule has 3 aliphatic rings. The number of methoxy groups -OCH3 is 1. The minimum Gasteiger partial charge on any atom is -0.497 e. The van der Waals surface area contributed by atoms with Crippen LogP contribution in [0.1, 0.15) is 43.8 Å². The van der Waals surface area contributed by atoms with Crippen molar-refractivity contribution in [3.05, 3.63) is 23.8 Å². The van der Waals surface area contributed by atoms with E-state index in [2.05, 4.69) is 0 Å². The zero-order valence-corrected chi connectivity index (χ0v) is 11.3. The van der Waals surface area contributed by atoms with Crippen LogP contribution in [0.4, 0.5) is 0 Å². The van der Waals surface area contributed by atoms with Gasteiger partial charge in [0, 0.05) is 18.1 Å². The molecule has 1 aromatic carbocycles. The van der Waals surface area contributed by atoms with Crippen LogP contribution < -0.4 is 9.47 Å². The summed E-state index contributed by atoms with van der Waals surface area (Å²) in [6.45, 7) is 0. The van der Waals surface area contributed by atoms with Crippen molar-refractivity contribution >= 4 is 0 Å². The summed E-state index contributed by atoms with van der Waals surface area (Å²) in [6, 6.07) is 5.74. The molecule has 4 atom stereocenters. The summed E-state index contributed by atoms with van der Waals surface area (Å²) in [6.07, 6.45) is 5.37. The Kier molecular flexibility index (Phi) is 2.37. The Morgan fingerprint density at radius 2 is 2.21 bits per heavy atom. The molecule has 3 unspecified atom stereocenters. The number of fused-ring (bicyclic) bond motifs is 4. The summed E-state index contributed by atoms with van der Waals surface area (Å²) in [5.74, 6) is 3.06. The fourth-order valence-electron chi connectivity index (χ4n) is 4.47. The Labute approximate surface area is 113 Å². The van der Waals surface area contributed by atoms with Crippen molar-refractivity contribution in [1.82, 2.24) is 0 Å². The number of aliphatic hydroxyl groups excluding tert-OH is 1. The largest absolute Gasteiger partial charge is 0.497 e. The summed E-state index contributed by atoms with van der Waals surface area (Å²) in [5.41, 5.74) is 0.802. The van der Waals surface area contributed by atoms with Crippen LogP contribution in [-0.2, 0) is 0 Å². The third-order valence-corrected chi connectivity index (χ3v) is 5.35. The highest BCUT2D eigenvalue weighted by molar-refractivity contribution is 5.44. The summed E-state index contributed by atoms with van der Waals surface area (Å²) >= 11 is 0. The molecule has 3 heteroatoms. The highest BCUT2D eigenvalue weighted by Gasteiger charge is 2.55. The molecule has 3 nitrogen and oxygen atoms in total. The maximum atomic E-state index is 10.5. The molecule has 0 amide bonds. The maximum Gasteiger partial charge on any atom is 0.129 e. The molecule has 2 bridgehead atoms. The fraction of sp³-hybridized carbons (Fsp3) is 0.625. The molecule has 0 aromatic heterocycles. The highest BCUT2D eigenvalue weighted by Crippen LogP contribution is 2.58. The first-order chi connectivity index (χ1) is 9.20. The van der Waals surface area contributed by atoms with Gasteiger partial charge >= 0.3 is 0 Å². The third-order valence-electron chi connectivity index (χ3n) is 5.35. The molecule has 0 saturated heterocycles. The van der Waals surface area contributed by atoms with Crippen molar-refractivity contribution < 1.29 is 14.6 Å². The first kappa shape index (κ1) is 11.6. The Bertz CT molecular complexity index is 513. The second-order valence-corrected chi connectivity index (χ2v) is 6.37. The second-order valence-electron chi connectivity index (χ2n) is 6.37. The number of rotatable bonds is 1. The molecule has 1 aliphatic heterocycles. The van der Waals surface area contributed by atoms with E-state index >= 15 is 0 Å². The van der Waals surface area contributed by atoms with Crippen molar-refractivity contribution in [2.45, 2.75) is 43.8 Å². The van der Waals surface area contributed by atoms with Crippen LogP contribution in [0.5, 0.6) is 11.5 Å². The number of hydrogen-bond donors (Lipinski definition) is 1. The van der Waals surface area contributed by atoms with Gasteiger partial charge in [0.1, 0.15) is 17.1 Å². The Hall–Kier alpha value is -1.22. The van der Waals surface area contributed by atoms with Crippen molar-refractivity contribution in [2.24, 2.45) is 11.8 Å². The number of hydrogen-bond acceptors (Lipinski definition) is 3. The first-order valence-electron chi connectivity index (χ1n) is 7.25. The Balaban J connectivity index is 1.73. The molecule has 1 aromatic rings. The fourth-order valence-corrected chi connectivity index (χ4v) is 4.47. The van der Waals surface area contributed by atoms with Gasteiger partial charge in [0.05, 0.1) is 13.2 Å². The summed E-state index contributed by atoms with van der Waals surface area (Å²) in [4.78, 5) is 0. The van der Waals surface area contributed by atoms with E-state index in [4.69, 9.17) is 9.47 Å². The third kappa shape index (κ3) is 1.61. The molecule has 0 radical (unpaired) electrons. The van der Waals surface area contributed by atoms with Crippen molar-refractivity contribution in [1.29, 1.82) is 0 Å². The van der Waals surface area contributed by atoms with Crippen molar-refractivity contribution in [2.75, 3.05) is 7.11 Å². The molecule has 2 saturated carbocycles. The predicted molar refractivity (Wildman–Crippen MR) is 71.4 cm³/mol. The average Bonchev–Trinajstić information content (AvgIpc) is 2.98. The van der Waals surface area contributed by atoms with Crippen LogP contribution in [-0.4, -0.2) is 17.8 Å². The van der Waals surface area contributed by atoms with Gasteiger partial charge in [-0.15, -0.1) is 0 Å². The topological polar surface area (TPSA) is 38.7 Å². The van der Waals surface area contributed by atoms with Crippen LogP contribution in [0.2, 0.25) is 0 Å². The van der Waals surface area contributed by atoms with Crippen molar-refractivity contribution in [3.8, 4) is 11.5 Å². The molecule has 2 fully saturated rings. The SMILES string of the molecule is COc1ccc2c(c1)OC1(CC3CCC1C3)C[C@@H]2O. The van der Waals surface area contributed by atoms with Gasteiger partial charge in [-0.05, 0) is 49.7 Å². The van der Waals surface area contributed by atoms with Gasteiger partial charge in [0.25, 0.3) is 0 Å². The number of ether oxygens (including phenoxy) is 2. The predicted octanol–water partition coefficient (Wildman–Crippen LogP) is 3.07. The molecule has 1 heterocycles. The summed E-state index contributed by atoms with van der Waals surface area (Å²) in [5, 5.41) is 10.5. The minimum absolute atomic E-state index is 0.109. The van der Waals surface area contributed by atoms with E-state index in [9.17, 15) is 5.11 Å². The summed E-state index contributed by atoms with van der Waals surface area (Å²) < 4.78 is 11.7. The second kappa shape index (κ2) is 3.89.